The molecule has 1 heterocycles. The van der Waals surface area contributed by atoms with E-state index in [1.165, 1.54) is 6.26 Å². The minimum absolute atomic E-state index is 0.514. The quantitative estimate of drug-likeness (QED) is 0.579. The molecule has 4 nitrogen and oxygen atoms in total. The van der Waals surface area contributed by atoms with Gasteiger partial charge < -0.3 is 9.52 Å². The first-order chi connectivity index (χ1) is 4.74. The van der Waals surface area contributed by atoms with Crippen LogP contribution in [-0.2, 0) is 0 Å². The molecule has 0 aromatic carbocycles. The van der Waals surface area contributed by atoms with Crippen molar-refractivity contribution in [3.8, 4) is 0 Å². The standard InChI is InChI=1S/C6H10N2O2/c1-4-8-5(3-10-4)6(9)7-2/h3,6-7,9H,1-2H3. The van der Waals surface area contributed by atoms with Crippen LogP contribution in [0.15, 0.2) is 10.7 Å². The number of aromatic nitrogens is 1. The highest BCUT2D eigenvalue weighted by Crippen LogP contribution is 2.07. The number of hydrogen-bond acceptors (Lipinski definition) is 4. The minimum atomic E-state index is -0.725. The molecule has 1 aromatic heterocycles. The van der Waals surface area contributed by atoms with Crippen LogP contribution in [-0.4, -0.2) is 17.1 Å². The van der Waals surface area contributed by atoms with E-state index in [-0.39, 0.29) is 0 Å². The Morgan fingerprint density at radius 1 is 1.80 bits per heavy atom. The fraction of sp³-hybridized carbons (Fsp3) is 0.500. The first-order valence-corrected chi connectivity index (χ1v) is 3.01. The van der Waals surface area contributed by atoms with Gasteiger partial charge in [0.15, 0.2) is 12.1 Å². The van der Waals surface area contributed by atoms with E-state index >= 15 is 0 Å². The lowest BCUT2D eigenvalue weighted by atomic mass is 10.4. The summed E-state index contributed by atoms with van der Waals surface area (Å²) in [6.07, 6.45) is 0.702. The Labute approximate surface area is 58.9 Å². The molecular weight excluding hydrogens is 132 g/mol. The molecule has 0 bridgehead atoms. The molecule has 0 aliphatic rings. The second-order valence-electron chi connectivity index (χ2n) is 1.98. The van der Waals surface area contributed by atoms with Crippen LogP contribution in [0.3, 0.4) is 0 Å². The average molecular weight is 142 g/mol. The maximum Gasteiger partial charge on any atom is 0.191 e. The Bertz CT molecular complexity index is 209. The minimum Gasteiger partial charge on any atom is -0.449 e. The maximum atomic E-state index is 9.11. The summed E-state index contributed by atoms with van der Waals surface area (Å²) in [6, 6.07) is 0. The van der Waals surface area contributed by atoms with E-state index in [2.05, 4.69) is 10.3 Å². The second-order valence-corrected chi connectivity index (χ2v) is 1.98. The third kappa shape index (κ3) is 1.34. The Morgan fingerprint density at radius 3 is 2.90 bits per heavy atom. The van der Waals surface area contributed by atoms with Gasteiger partial charge in [0.05, 0.1) is 0 Å². The van der Waals surface area contributed by atoms with Crippen LogP contribution in [0.25, 0.3) is 0 Å². The Morgan fingerprint density at radius 2 is 2.50 bits per heavy atom. The monoisotopic (exact) mass is 142 g/mol. The molecule has 1 aromatic rings. The van der Waals surface area contributed by atoms with Gasteiger partial charge in [-0.25, -0.2) is 4.98 Å². The highest BCUT2D eigenvalue weighted by atomic mass is 16.3. The molecule has 0 aliphatic carbocycles. The van der Waals surface area contributed by atoms with Gasteiger partial charge in [-0.3, -0.25) is 5.32 Å². The molecule has 1 unspecified atom stereocenters. The summed E-state index contributed by atoms with van der Waals surface area (Å²) >= 11 is 0. The van der Waals surface area contributed by atoms with E-state index in [0.717, 1.165) is 0 Å². The molecule has 4 heteroatoms. The highest BCUT2D eigenvalue weighted by molar-refractivity contribution is 4.97. The third-order valence-electron chi connectivity index (χ3n) is 1.19. The number of aryl methyl sites for hydroxylation is 1. The molecule has 0 saturated heterocycles. The van der Waals surface area contributed by atoms with E-state index in [4.69, 9.17) is 9.52 Å². The zero-order chi connectivity index (χ0) is 7.56. The second kappa shape index (κ2) is 2.81. The molecule has 0 spiro atoms. The van der Waals surface area contributed by atoms with Gasteiger partial charge in [-0.2, -0.15) is 0 Å². The smallest absolute Gasteiger partial charge is 0.191 e. The number of aliphatic hydroxyl groups is 1. The van der Waals surface area contributed by atoms with Crippen molar-refractivity contribution < 1.29 is 9.52 Å². The predicted molar refractivity (Wildman–Crippen MR) is 35.3 cm³/mol. The van der Waals surface area contributed by atoms with Gasteiger partial charge in [0.2, 0.25) is 0 Å². The number of rotatable bonds is 2. The summed E-state index contributed by atoms with van der Waals surface area (Å²) in [5.41, 5.74) is 0.514. The van der Waals surface area contributed by atoms with Crippen LogP contribution >= 0.6 is 0 Å². The molecule has 10 heavy (non-hydrogen) atoms. The van der Waals surface area contributed by atoms with Crippen molar-refractivity contribution in [2.45, 2.75) is 13.2 Å². The van der Waals surface area contributed by atoms with Crippen LogP contribution in [0.4, 0.5) is 0 Å². The summed E-state index contributed by atoms with van der Waals surface area (Å²) in [6.45, 7) is 1.73. The van der Waals surface area contributed by atoms with E-state index in [1.807, 2.05) is 0 Å². The summed E-state index contributed by atoms with van der Waals surface area (Å²) < 4.78 is 4.88. The van der Waals surface area contributed by atoms with Gasteiger partial charge in [-0.1, -0.05) is 0 Å². The molecule has 2 N–H and O–H groups in total. The molecule has 1 atom stereocenters. The van der Waals surface area contributed by atoms with Crippen molar-refractivity contribution in [3.05, 3.63) is 17.8 Å². The van der Waals surface area contributed by atoms with Crippen LogP contribution in [0.2, 0.25) is 0 Å². The van der Waals surface area contributed by atoms with Gasteiger partial charge in [0.25, 0.3) is 0 Å². The fourth-order valence-corrected chi connectivity index (χ4v) is 0.654. The number of hydrogen-bond donors (Lipinski definition) is 2. The summed E-state index contributed by atoms with van der Waals surface area (Å²) in [4.78, 5) is 3.90. The van der Waals surface area contributed by atoms with Crippen LogP contribution in [0.1, 0.15) is 17.8 Å². The normalized spacial score (nSPS) is 13.5. The summed E-state index contributed by atoms with van der Waals surface area (Å²) in [5.74, 6) is 0.560. The molecule has 0 radical (unpaired) electrons. The number of nitrogens with zero attached hydrogens (tertiary/aromatic N) is 1. The van der Waals surface area contributed by atoms with Crippen LogP contribution in [0.5, 0.6) is 0 Å². The molecule has 56 valence electrons. The molecule has 0 aliphatic heterocycles. The van der Waals surface area contributed by atoms with Crippen molar-refractivity contribution >= 4 is 0 Å². The molecule has 1 rings (SSSR count). The van der Waals surface area contributed by atoms with Crippen LogP contribution < -0.4 is 5.32 Å². The zero-order valence-corrected chi connectivity index (χ0v) is 5.96. The predicted octanol–water partition coefficient (Wildman–Crippen LogP) is 0.193. The first-order valence-electron chi connectivity index (χ1n) is 3.01. The topological polar surface area (TPSA) is 58.3 Å². The van der Waals surface area contributed by atoms with Crippen molar-refractivity contribution in [1.29, 1.82) is 0 Å². The molecular formula is C6H10N2O2. The highest BCUT2D eigenvalue weighted by Gasteiger charge is 2.07. The third-order valence-corrected chi connectivity index (χ3v) is 1.19. The van der Waals surface area contributed by atoms with Gasteiger partial charge >= 0.3 is 0 Å². The van der Waals surface area contributed by atoms with E-state index in [9.17, 15) is 0 Å². The van der Waals surface area contributed by atoms with Gasteiger partial charge in [-0.05, 0) is 7.05 Å². The van der Waals surface area contributed by atoms with Crippen molar-refractivity contribution in [1.82, 2.24) is 10.3 Å². The first kappa shape index (κ1) is 7.24. The number of aliphatic hydroxyl groups excluding tert-OH is 1. The Kier molecular flexibility index (Phi) is 2.03. The van der Waals surface area contributed by atoms with Crippen LogP contribution in [0, 0.1) is 6.92 Å². The summed E-state index contributed by atoms with van der Waals surface area (Å²) in [5, 5.41) is 11.7. The van der Waals surface area contributed by atoms with E-state index in [0.29, 0.717) is 11.6 Å². The van der Waals surface area contributed by atoms with Gasteiger partial charge in [0.1, 0.15) is 12.0 Å². The van der Waals surface area contributed by atoms with Crippen molar-refractivity contribution in [2.24, 2.45) is 0 Å². The van der Waals surface area contributed by atoms with E-state index in [1.54, 1.807) is 14.0 Å². The Balaban J connectivity index is 2.74. The summed E-state index contributed by atoms with van der Waals surface area (Å²) in [7, 11) is 1.65. The average Bonchev–Trinajstić information content (AvgIpc) is 2.34. The van der Waals surface area contributed by atoms with Crippen molar-refractivity contribution in [3.63, 3.8) is 0 Å². The fourth-order valence-electron chi connectivity index (χ4n) is 0.654. The van der Waals surface area contributed by atoms with Crippen molar-refractivity contribution in [2.75, 3.05) is 7.05 Å². The lowest BCUT2D eigenvalue weighted by Gasteiger charge is -2.02. The van der Waals surface area contributed by atoms with E-state index < -0.39 is 6.23 Å². The molecule has 0 amide bonds. The molecule has 0 fully saturated rings. The lowest BCUT2D eigenvalue weighted by Crippen LogP contribution is -2.15. The zero-order valence-electron chi connectivity index (χ0n) is 5.96. The number of oxazole rings is 1. The van der Waals surface area contributed by atoms with Gasteiger partial charge in [-0.15, -0.1) is 0 Å². The largest absolute Gasteiger partial charge is 0.449 e. The number of nitrogens with one attached hydrogen (secondary N) is 1. The molecule has 0 saturated carbocycles. The maximum absolute atomic E-state index is 9.11. The Hall–Kier alpha value is -0.870. The lowest BCUT2D eigenvalue weighted by molar-refractivity contribution is 0.144. The SMILES string of the molecule is CNC(O)c1coc(C)n1. The van der Waals surface area contributed by atoms with Gasteiger partial charge in [0, 0.05) is 6.92 Å².